The van der Waals surface area contributed by atoms with Gasteiger partial charge in [0, 0.05) is 11.5 Å². The molecule has 76 valence electrons. The van der Waals surface area contributed by atoms with Gasteiger partial charge in [0.1, 0.15) is 5.82 Å². The van der Waals surface area contributed by atoms with Crippen LogP contribution < -0.4 is 11.1 Å². The molecule has 2 nitrogen and oxygen atoms in total. The summed E-state index contributed by atoms with van der Waals surface area (Å²) in [6, 6.07) is 2.64. The summed E-state index contributed by atoms with van der Waals surface area (Å²) in [5.74, 6) is -0.339. The lowest BCUT2D eigenvalue weighted by Crippen LogP contribution is -1.97. The van der Waals surface area contributed by atoms with Crippen LogP contribution in [0, 0.1) is 5.82 Å². The van der Waals surface area contributed by atoms with Crippen LogP contribution in [0.15, 0.2) is 16.6 Å². The zero-order valence-electron chi connectivity index (χ0n) is 6.80. The summed E-state index contributed by atoms with van der Waals surface area (Å²) in [5, 5.41) is 2.85. The number of nitrogen functional groups attached to an aromatic ring is 1. The monoisotopic (exact) mass is 290 g/mol. The SMILES string of the molecule is CNc1c(N)cc(F)cc1Br.Cl.Cl. The van der Waals surface area contributed by atoms with E-state index in [1.165, 1.54) is 12.1 Å². The van der Waals surface area contributed by atoms with E-state index in [9.17, 15) is 4.39 Å². The summed E-state index contributed by atoms with van der Waals surface area (Å²) < 4.78 is 13.2. The van der Waals surface area contributed by atoms with Gasteiger partial charge in [0.05, 0.1) is 11.4 Å². The number of rotatable bonds is 1. The molecule has 3 N–H and O–H groups in total. The Bertz CT molecular complexity index is 260. The highest BCUT2D eigenvalue weighted by Gasteiger charge is 2.03. The Balaban J connectivity index is 0. The predicted octanol–water partition coefficient (Wildman–Crippen LogP) is 3.06. The molecule has 0 saturated heterocycles. The maximum Gasteiger partial charge on any atom is 0.126 e. The molecule has 6 heteroatoms. The van der Waals surface area contributed by atoms with Crippen molar-refractivity contribution in [1.82, 2.24) is 0 Å². The molecule has 0 unspecified atom stereocenters. The number of hydrogen-bond donors (Lipinski definition) is 2. The first-order valence-electron chi connectivity index (χ1n) is 3.07. The molecule has 0 heterocycles. The summed E-state index contributed by atoms with van der Waals surface area (Å²) in [6.45, 7) is 0. The predicted molar refractivity (Wildman–Crippen MR) is 62.6 cm³/mol. The van der Waals surface area contributed by atoms with Crippen molar-refractivity contribution in [2.75, 3.05) is 18.1 Å². The molecule has 0 radical (unpaired) electrons. The zero-order chi connectivity index (χ0) is 8.43. The van der Waals surface area contributed by atoms with Crippen molar-refractivity contribution < 1.29 is 4.39 Å². The van der Waals surface area contributed by atoms with E-state index in [4.69, 9.17) is 5.73 Å². The minimum absolute atomic E-state index is 0. The molecule has 0 spiro atoms. The third-order valence-corrected chi connectivity index (χ3v) is 1.96. The lowest BCUT2D eigenvalue weighted by molar-refractivity contribution is 0.628. The number of nitrogens with two attached hydrogens (primary N) is 1. The van der Waals surface area contributed by atoms with E-state index < -0.39 is 0 Å². The highest BCUT2D eigenvalue weighted by molar-refractivity contribution is 9.10. The topological polar surface area (TPSA) is 38.0 Å². The smallest absolute Gasteiger partial charge is 0.126 e. The van der Waals surface area contributed by atoms with Gasteiger partial charge in [-0.05, 0) is 28.1 Å². The van der Waals surface area contributed by atoms with Crippen LogP contribution in [0.4, 0.5) is 15.8 Å². The largest absolute Gasteiger partial charge is 0.397 e. The van der Waals surface area contributed by atoms with Crippen molar-refractivity contribution in [3.8, 4) is 0 Å². The van der Waals surface area contributed by atoms with Crippen molar-refractivity contribution in [2.45, 2.75) is 0 Å². The van der Waals surface area contributed by atoms with Gasteiger partial charge in [-0.25, -0.2) is 4.39 Å². The van der Waals surface area contributed by atoms with Crippen LogP contribution in [0.2, 0.25) is 0 Å². The van der Waals surface area contributed by atoms with Crippen LogP contribution in [0.1, 0.15) is 0 Å². The molecule has 1 aromatic rings. The van der Waals surface area contributed by atoms with Crippen LogP contribution in [0.3, 0.4) is 0 Å². The Labute approximate surface area is 97.0 Å². The molecule has 0 aromatic heterocycles. The van der Waals surface area contributed by atoms with Crippen molar-refractivity contribution >= 4 is 52.1 Å². The minimum atomic E-state index is -0.339. The first-order valence-corrected chi connectivity index (χ1v) is 3.86. The van der Waals surface area contributed by atoms with Gasteiger partial charge < -0.3 is 11.1 Å². The van der Waals surface area contributed by atoms with Gasteiger partial charge >= 0.3 is 0 Å². The van der Waals surface area contributed by atoms with E-state index in [0.717, 1.165) is 0 Å². The van der Waals surface area contributed by atoms with Crippen molar-refractivity contribution in [2.24, 2.45) is 0 Å². The maximum atomic E-state index is 12.6. The first-order chi connectivity index (χ1) is 5.15. The molecule has 1 rings (SSSR count). The fraction of sp³-hybridized carbons (Fsp3) is 0.143. The molecule has 0 fully saturated rings. The number of hydrogen-bond acceptors (Lipinski definition) is 2. The van der Waals surface area contributed by atoms with Gasteiger partial charge in [0.25, 0.3) is 0 Å². The third kappa shape index (κ3) is 3.58. The second-order valence-electron chi connectivity index (χ2n) is 2.10. The van der Waals surface area contributed by atoms with E-state index >= 15 is 0 Å². The van der Waals surface area contributed by atoms with E-state index in [1.807, 2.05) is 0 Å². The highest BCUT2D eigenvalue weighted by atomic mass is 79.9. The second-order valence-corrected chi connectivity index (χ2v) is 2.96. The summed E-state index contributed by atoms with van der Waals surface area (Å²) in [5.41, 5.74) is 6.62. The lowest BCUT2D eigenvalue weighted by Gasteiger charge is -2.06. The third-order valence-electron chi connectivity index (χ3n) is 1.34. The van der Waals surface area contributed by atoms with Crippen LogP contribution in [-0.2, 0) is 0 Å². The molecule has 0 atom stereocenters. The van der Waals surface area contributed by atoms with Gasteiger partial charge in [-0.1, -0.05) is 0 Å². The van der Waals surface area contributed by atoms with Gasteiger partial charge in [-0.15, -0.1) is 24.8 Å². The van der Waals surface area contributed by atoms with Crippen LogP contribution in [0.5, 0.6) is 0 Å². The average molecular weight is 292 g/mol. The minimum Gasteiger partial charge on any atom is -0.397 e. The van der Waals surface area contributed by atoms with Gasteiger partial charge in [0.15, 0.2) is 0 Å². The lowest BCUT2D eigenvalue weighted by atomic mass is 10.2. The Morgan fingerprint density at radius 1 is 1.38 bits per heavy atom. The number of benzene rings is 1. The Hall–Kier alpha value is -0.190. The normalized spacial score (nSPS) is 8.23. The van der Waals surface area contributed by atoms with Crippen LogP contribution in [-0.4, -0.2) is 7.05 Å². The molecule has 13 heavy (non-hydrogen) atoms. The maximum absolute atomic E-state index is 12.6. The number of halogens is 4. The number of anilines is 2. The van der Waals surface area contributed by atoms with Crippen LogP contribution in [0.25, 0.3) is 0 Å². The van der Waals surface area contributed by atoms with E-state index in [-0.39, 0.29) is 30.6 Å². The molecule has 0 saturated carbocycles. The number of nitrogens with one attached hydrogen (secondary N) is 1. The summed E-state index contributed by atoms with van der Waals surface area (Å²) in [6.07, 6.45) is 0. The Kier molecular flexibility index (Phi) is 7.40. The summed E-state index contributed by atoms with van der Waals surface area (Å²) in [4.78, 5) is 0. The van der Waals surface area contributed by atoms with E-state index in [0.29, 0.717) is 15.8 Å². The molecule has 0 aliphatic carbocycles. The summed E-state index contributed by atoms with van der Waals surface area (Å²) in [7, 11) is 1.73. The molecule has 0 bridgehead atoms. The quantitative estimate of drug-likeness (QED) is 0.781. The molecule has 0 aliphatic rings. The van der Waals surface area contributed by atoms with Crippen molar-refractivity contribution in [3.63, 3.8) is 0 Å². The first kappa shape index (κ1) is 15.3. The Morgan fingerprint density at radius 2 is 1.92 bits per heavy atom. The zero-order valence-corrected chi connectivity index (χ0v) is 10.0. The highest BCUT2D eigenvalue weighted by Crippen LogP contribution is 2.28. The average Bonchev–Trinajstić information content (AvgIpc) is 1.85. The Morgan fingerprint density at radius 3 is 2.31 bits per heavy atom. The van der Waals surface area contributed by atoms with Gasteiger partial charge in [-0.2, -0.15) is 0 Å². The molecular weight excluding hydrogens is 282 g/mol. The second kappa shape index (κ2) is 6.29. The van der Waals surface area contributed by atoms with Gasteiger partial charge in [-0.3, -0.25) is 0 Å². The molecule has 1 aromatic carbocycles. The standard InChI is InChI=1S/C7H8BrFN2.2ClH/c1-11-7-5(8)2-4(9)3-6(7)10;;/h2-3,11H,10H2,1H3;2*1H. The fourth-order valence-corrected chi connectivity index (χ4v) is 1.50. The molecular formula is C7H10BrCl2FN2. The molecule has 0 aliphatic heterocycles. The van der Waals surface area contributed by atoms with Gasteiger partial charge in [0.2, 0.25) is 0 Å². The van der Waals surface area contributed by atoms with Crippen molar-refractivity contribution in [3.05, 3.63) is 22.4 Å². The summed E-state index contributed by atoms with van der Waals surface area (Å²) >= 11 is 3.18. The van der Waals surface area contributed by atoms with Crippen LogP contribution >= 0.6 is 40.7 Å². The fourth-order valence-electron chi connectivity index (χ4n) is 0.857. The van der Waals surface area contributed by atoms with Crippen molar-refractivity contribution in [1.29, 1.82) is 0 Å². The van der Waals surface area contributed by atoms with E-state index in [2.05, 4.69) is 21.2 Å². The molecule has 0 amide bonds. The van der Waals surface area contributed by atoms with E-state index in [1.54, 1.807) is 7.05 Å².